The average Bonchev–Trinajstić information content (AvgIpc) is 2.53. The van der Waals surface area contributed by atoms with E-state index in [-0.39, 0.29) is 6.04 Å². The lowest BCUT2D eigenvalue weighted by molar-refractivity contribution is -0.137. The van der Waals surface area contributed by atoms with Crippen molar-refractivity contribution in [3.05, 3.63) is 53.9 Å². The molecule has 1 aliphatic rings. The first kappa shape index (κ1) is 16.1. The van der Waals surface area contributed by atoms with E-state index in [1.54, 1.807) is 23.4 Å². The number of hydrogen-bond acceptors (Lipinski definition) is 3. The number of rotatable bonds is 2. The number of hydrogen-bond donors (Lipinski definition) is 2. The van der Waals surface area contributed by atoms with Crippen LogP contribution in [0.5, 0.6) is 0 Å². The molecule has 5 nitrogen and oxygen atoms in total. The van der Waals surface area contributed by atoms with Crippen molar-refractivity contribution in [1.82, 2.24) is 10.3 Å². The lowest BCUT2D eigenvalue weighted by Gasteiger charge is -2.35. The van der Waals surface area contributed by atoms with E-state index >= 15 is 0 Å². The van der Waals surface area contributed by atoms with Crippen molar-refractivity contribution in [3.63, 3.8) is 0 Å². The van der Waals surface area contributed by atoms with Crippen LogP contribution in [0.15, 0.2) is 42.7 Å². The van der Waals surface area contributed by atoms with Crippen molar-refractivity contribution in [3.8, 4) is 0 Å². The van der Waals surface area contributed by atoms with E-state index in [1.807, 2.05) is 0 Å². The Morgan fingerprint density at radius 3 is 2.58 bits per heavy atom. The number of carbonyl (C=O) groups is 1. The van der Waals surface area contributed by atoms with Crippen LogP contribution in [-0.2, 0) is 12.6 Å². The smallest absolute Gasteiger partial charge is 0.416 e. The molecule has 2 aromatic rings. The van der Waals surface area contributed by atoms with Crippen LogP contribution >= 0.6 is 0 Å². The summed E-state index contributed by atoms with van der Waals surface area (Å²) in [7, 11) is 0. The summed E-state index contributed by atoms with van der Waals surface area (Å²) in [5, 5.41) is 11.4. The number of nitrogens with one attached hydrogen (secondary N) is 1. The first-order valence-corrected chi connectivity index (χ1v) is 7.22. The molecule has 0 aliphatic carbocycles. The Morgan fingerprint density at radius 2 is 1.96 bits per heavy atom. The highest BCUT2D eigenvalue weighted by Gasteiger charge is 2.31. The maximum absolute atomic E-state index is 12.7. The predicted molar refractivity (Wildman–Crippen MR) is 81.3 cm³/mol. The van der Waals surface area contributed by atoms with Crippen LogP contribution in [-0.4, -0.2) is 28.8 Å². The molecule has 1 aromatic carbocycles. The molecule has 0 fully saturated rings. The van der Waals surface area contributed by atoms with Crippen LogP contribution in [0, 0.1) is 0 Å². The Morgan fingerprint density at radius 1 is 1.25 bits per heavy atom. The summed E-state index contributed by atoms with van der Waals surface area (Å²) >= 11 is 0. The fourth-order valence-electron chi connectivity index (χ4n) is 2.84. The molecule has 0 radical (unpaired) electrons. The molecular weight excluding hydrogens is 323 g/mol. The van der Waals surface area contributed by atoms with E-state index in [1.165, 1.54) is 12.1 Å². The molecule has 1 aliphatic heterocycles. The first-order valence-electron chi connectivity index (χ1n) is 7.22. The number of amides is 1. The van der Waals surface area contributed by atoms with Gasteiger partial charge in [-0.3, -0.25) is 4.98 Å². The van der Waals surface area contributed by atoms with E-state index in [4.69, 9.17) is 5.11 Å². The van der Waals surface area contributed by atoms with Gasteiger partial charge in [-0.05, 0) is 42.3 Å². The number of pyridine rings is 1. The lowest BCUT2D eigenvalue weighted by atomic mass is 9.99. The van der Waals surface area contributed by atoms with Gasteiger partial charge in [-0.2, -0.15) is 13.2 Å². The molecule has 126 valence electrons. The minimum atomic E-state index is -4.39. The molecule has 0 bridgehead atoms. The second-order valence-electron chi connectivity index (χ2n) is 5.51. The standard InChI is InChI=1S/C16H14F3N3O2/c17-16(18,19)11-1-3-13(4-2-11)22-9-12(21-15(23)24)7-10-8-20-6-5-14(10)22/h1-6,8,12,21H,7,9H2,(H,23,24). The van der Waals surface area contributed by atoms with Crippen LogP contribution in [0.2, 0.25) is 0 Å². The van der Waals surface area contributed by atoms with Crippen molar-refractivity contribution in [2.45, 2.75) is 18.6 Å². The van der Waals surface area contributed by atoms with Crippen molar-refractivity contribution >= 4 is 17.5 Å². The monoisotopic (exact) mass is 337 g/mol. The normalized spacial score (nSPS) is 17.3. The molecule has 3 rings (SSSR count). The second-order valence-corrected chi connectivity index (χ2v) is 5.51. The first-order chi connectivity index (χ1) is 11.3. The van der Waals surface area contributed by atoms with Gasteiger partial charge in [0.1, 0.15) is 0 Å². The zero-order chi connectivity index (χ0) is 17.3. The van der Waals surface area contributed by atoms with Gasteiger partial charge in [0.05, 0.1) is 11.6 Å². The zero-order valence-corrected chi connectivity index (χ0v) is 12.4. The van der Waals surface area contributed by atoms with Gasteiger partial charge in [0, 0.05) is 30.3 Å². The Kier molecular flexibility index (Phi) is 4.04. The Labute approximate surface area is 135 Å². The Balaban J connectivity index is 1.94. The summed E-state index contributed by atoms with van der Waals surface area (Å²) in [6, 6.07) is 6.20. The minimum absolute atomic E-state index is 0.328. The van der Waals surface area contributed by atoms with Crippen molar-refractivity contribution in [2.75, 3.05) is 11.4 Å². The van der Waals surface area contributed by atoms with E-state index in [0.717, 1.165) is 23.4 Å². The third-order valence-electron chi connectivity index (χ3n) is 3.87. The summed E-state index contributed by atoms with van der Waals surface area (Å²) < 4.78 is 38.1. The van der Waals surface area contributed by atoms with E-state index in [9.17, 15) is 18.0 Å². The SMILES string of the molecule is O=C(O)NC1Cc2cnccc2N(c2ccc(C(F)(F)F)cc2)C1. The zero-order valence-electron chi connectivity index (χ0n) is 12.4. The molecule has 2 N–H and O–H groups in total. The van der Waals surface area contributed by atoms with Crippen molar-refractivity contribution in [2.24, 2.45) is 0 Å². The fraction of sp³-hybridized carbons (Fsp3) is 0.250. The third-order valence-corrected chi connectivity index (χ3v) is 3.87. The highest BCUT2D eigenvalue weighted by Crippen LogP contribution is 2.35. The number of fused-ring (bicyclic) bond motifs is 1. The Bertz CT molecular complexity index is 747. The largest absolute Gasteiger partial charge is 0.465 e. The maximum Gasteiger partial charge on any atom is 0.416 e. The fourth-order valence-corrected chi connectivity index (χ4v) is 2.84. The summed E-state index contributed by atoms with van der Waals surface area (Å²) in [5.41, 5.74) is 1.49. The van der Waals surface area contributed by atoms with Crippen LogP contribution in [0.4, 0.5) is 29.3 Å². The van der Waals surface area contributed by atoms with Crippen LogP contribution < -0.4 is 10.2 Å². The Hall–Kier alpha value is -2.77. The van der Waals surface area contributed by atoms with Crippen LogP contribution in [0.3, 0.4) is 0 Å². The molecule has 8 heteroatoms. The van der Waals surface area contributed by atoms with Gasteiger partial charge < -0.3 is 15.3 Å². The number of benzene rings is 1. The number of halogens is 3. The minimum Gasteiger partial charge on any atom is -0.465 e. The van der Waals surface area contributed by atoms with E-state index in [2.05, 4.69) is 10.3 Å². The second kappa shape index (κ2) is 6.03. The number of anilines is 2. The molecule has 1 amide bonds. The van der Waals surface area contributed by atoms with Crippen LogP contribution in [0.25, 0.3) is 0 Å². The highest BCUT2D eigenvalue weighted by atomic mass is 19.4. The molecule has 0 saturated heterocycles. The number of alkyl halides is 3. The van der Waals surface area contributed by atoms with Crippen molar-refractivity contribution < 1.29 is 23.1 Å². The third kappa shape index (κ3) is 3.27. The number of aromatic nitrogens is 1. The van der Waals surface area contributed by atoms with Gasteiger partial charge >= 0.3 is 12.3 Å². The lowest BCUT2D eigenvalue weighted by Crippen LogP contribution is -2.46. The predicted octanol–water partition coefficient (Wildman–Crippen LogP) is 3.43. The van der Waals surface area contributed by atoms with Gasteiger partial charge in [-0.25, -0.2) is 4.79 Å². The molecule has 24 heavy (non-hydrogen) atoms. The molecule has 0 saturated carbocycles. The van der Waals surface area contributed by atoms with Gasteiger partial charge in [-0.1, -0.05) is 0 Å². The number of nitrogens with zero attached hydrogens (tertiary/aromatic N) is 2. The summed E-state index contributed by atoms with van der Waals surface area (Å²) in [6.45, 7) is 0.328. The molecule has 0 spiro atoms. The van der Waals surface area contributed by atoms with E-state index < -0.39 is 17.8 Å². The number of carboxylic acid groups (broad SMARTS) is 1. The topological polar surface area (TPSA) is 65.5 Å². The van der Waals surface area contributed by atoms with E-state index in [0.29, 0.717) is 18.7 Å². The molecular formula is C16H14F3N3O2. The van der Waals surface area contributed by atoms with Gasteiger partial charge in [0.15, 0.2) is 0 Å². The quantitative estimate of drug-likeness (QED) is 0.881. The summed E-state index contributed by atoms with van der Waals surface area (Å²) in [5.74, 6) is 0. The molecule has 2 heterocycles. The van der Waals surface area contributed by atoms with Crippen molar-refractivity contribution in [1.29, 1.82) is 0 Å². The highest BCUT2D eigenvalue weighted by molar-refractivity contribution is 5.70. The van der Waals surface area contributed by atoms with Crippen LogP contribution in [0.1, 0.15) is 11.1 Å². The maximum atomic E-state index is 12.7. The average molecular weight is 337 g/mol. The molecule has 1 atom stereocenters. The summed E-state index contributed by atoms with van der Waals surface area (Å²) in [6.07, 6.45) is -1.81. The molecule has 1 aromatic heterocycles. The molecule has 1 unspecified atom stereocenters. The van der Waals surface area contributed by atoms with Gasteiger partial charge in [0.25, 0.3) is 0 Å². The summed E-state index contributed by atoms with van der Waals surface area (Å²) in [4.78, 5) is 16.7. The van der Waals surface area contributed by atoms with Gasteiger partial charge in [-0.15, -0.1) is 0 Å². The van der Waals surface area contributed by atoms with Gasteiger partial charge in [0.2, 0.25) is 0 Å².